The fourth-order valence-corrected chi connectivity index (χ4v) is 3.01. The molecule has 0 spiro atoms. The summed E-state index contributed by atoms with van der Waals surface area (Å²) >= 11 is 3.33. The van der Waals surface area contributed by atoms with Crippen LogP contribution in [0.25, 0.3) is 0 Å². The number of benzene rings is 3. The third-order valence-corrected chi connectivity index (χ3v) is 4.87. The van der Waals surface area contributed by atoms with E-state index in [-0.39, 0.29) is 18.2 Å². The average molecular weight is 496 g/mol. The van der Waals surface area contributed by atoms with E-state index in [1.165, 1.54) is 13.3 Å². The molecule has 0 aliphatic heterocycles. The summed E-state index contributed by atoms with van der Waals surface area (Å²) in [6.45, 7) is 2.08. The van der Waals surface area contributed by atoms with Crippen molar-refractivity contribution in [3.63, 3.8) is 0 Å². The van der Waals surface area contributed by atoms with E-state index in [4.69, 9.17) is 9.47 Å². The van der Waals surface area contributed by atoms with Crippen LogP contribution < -0.4 is 20.2 Å². The van der Waals surface area contributed by atoms with E-state index in [2.05, 4.69) is 31.8 Å². The lowest BCUT2D eigenvalue weighted by Crippen LogP contribution is -2.25. The molecule has 3 aromatic rings. The third-order valence-electron chi connectivity index (χ3n) is 4.34. The first-order chi connectivity index (χ1) is 15.4. The lowest BCUT2D eigenvalue weighted by Gasteiger charge is -2.10. The van der Waals surface area contributed by atoms with Crippen molar-refractivity contribution in [1.82, 2.24) is 5.43 Å². The number of halogens is 1. The summed E-state index contributed by atoms with van der Waals surface area (Å²) in [5.74, 6) is -0.129. The van der Waals surface area contributed by atoms with Crippen molar-refractivity contribution in [3.05, 3.63) is 87.9 Å². The molecule has 3 rings (SSSR count). The summed E-state index contributed by atoms with van der Waals surface area (Å²) in [4.78, 5) is 24.3. The highest BCUT2D eigenvalue weighted by Gasteiger charge is 2.13. The average Bonchev–Trinajstić information content (AvgIpc) is 2.79. The van der Waals surface area contributed by atoms with Gasteiger partial charge in [-0.25, -0.2) is 10.2 Å². The van der Waals surface area contributed by atoms with Gasteiger partial charge in [-0.1, -0.05) is 28.1 Å². The van der Waals surface area contributed by atoms with Crippen molar-refractivity contribution in [1.29, 1.82) is 0 Å². The zero-order chi connectivity index (χ0) is 22.9. The van der Waals surface area contributed by atoms with Crippen molar-refractivity contribution in [2.45, 2.75) is 6.92 Å². The van der Waals surface area contributed by atoms with E-state index in [0.29, 0.717) is 16.9 Å². The Hall–Kier alpha value is -3.65. The number of carbonyl (C=O) groups excluding carboxylic acids is 2. The number of ether oxygens (including phenoxy) is 2. The Morgan fingerprint density at radius 1 is 1.03 bits per heavy atom. The fourth-order valence-electron chi connectivity index (χ4n) is 2.75. The number of hydrogen-bond acceptors (Lipinski definition) is 6. The molecule has 0 aliphatic rings. The topological polar surface area (TPSA) is 89.0 Å². The lowest BCUT2D eigenvalue weighted by atomic mass is 10.2. The summed E-state index contributed by atoms with van der Waals surface area (Å²) in [6, 6.07) is 19.6. The number of esters is 1. The van der Waals surface area contributed by atoms with E-state index < -0.39 is 5.97 Å². The molecule has 32 heavy (non-hydrogen) atoms. The molecule has 7 nitrogen and oxygen atoms in total. The van der Waals surface area contributed by atoms with Crippen LogP contribution in [0.4, 0.5) is 5.69 Å². The number of carbonyl (C=O) groups is 2. The van der Waals surface area contributed by atoms with Crippen LogP contribution in [0.3, 0.4) is 0 Å². The molecule has 0 aromatic heterocycles. The van der Waals surface area contributed by atoms with Crippen LogP contribution in [0.1, 0.15) is 21.5 Å². The molecule has 0 bridgehead atoms. The molecule has 0 unspecified atom stereocenters. The van der Waals surface area contributed by atoms with Crippen LogP contribution in [0.2, 0.25) is 0 Å². The van der Waals surface area contributed by atoms with Gasteiger partial charge >= 0.3 is 5.97 Å². The number of hydrogen-bond donors (Lipinski definition) is 2. The normalized spacial score (nSPS) is 10.6. The van der Waals surface area contributed by atoms with Crippen LogP contribution in [0, 0.1) is 6.92 Å². The molecule has 2 N–H and O–H groups in total. The number of anilines is 1. The predicted octanol–water partition coefficient (Wildman–Crippen LogP) is 4.55. The smallest absolute Gasteiger partial charge is 0.343 e. The molecule has 164 valence electrons. The summed E-state index contributed by atoms with van der Waals surface area (Å²) in [5.41, 5.74) is 5.52. The molecule has 3 aromatic carbocycles. The first-order valence-electron chi connectivity index (χ1n) is 9.73. The summed E-state index contributed by atoms with van der Waals surface area (Å²) in [5, 5.41) is 7.00. The molecule has 8 heteroatoms. The Labute approximate surface area is 194 Å². The van der Waals surface area contributed by atoms with Gasteiger partial charge in [-0.3, -0.25) is 4.79 Å². The number of methoxy groups -OCH3 is 1. The predicted molar refractivity (Wildman–Crippen MR) is 127 cm³/mol. The molecule has 0 heterocycles. The van der Waals surface area contributed by atoms with Gasteiger partial charge in [-0.15, -0.1) is 0 Å². The zero-order valence-corrected chi connectivity index (χ0v) is 19.2. The van der Waals surface area contributed by atoms with Gasteiger partial charge in [-0.2, -0.15) is 5.10 Å². The Morgan fingerprint density at radius 3 is 2.53 bits per heavy atom. The second-order valence-corrected chi connectivity index (χ2v) is 7.74. The van der Waals surface area contributed by atoms with Crippen molar-refractivity contribution in [3.8, 4) is 11.5 Å². The van der Waals surface area contributed by atoms with E-state index in [0.717, 1.165) is 15.7 Å². The molecular weight excluding hydrogens is 474 g/mol. The number of amides is 1. The highest BCUT2D eigenvalue weighted by Crippen LogP contribution is 2.28. The second kappa shape index (κ2) is 11.1. The van der Waals surface area contributed by atoms with E-state index in [9.17, 15) is 9.59 Å². The van der Waals surface area contributed by atoms with Crippen LogP contribution >= 0.6 is 15.9 Å². The minimum atomic E-state index is -0.495. The molecule has 0 radical (unpaired) electrons. The lowest BCUT2D eigenvalue weighted by molar-refractivity contribution is -0.119. The number of rotatable bonds is 8. The highest BCUT2D eigenvalue weighted by atomic mass is 79.9. The van der Waals surface area contributed by atoms with Gasteiger partial charge in [0.05, 0.1) is 25.4 Å². The first-order valence-corrected chi connectivity index (χ1v) is 10.5. The minimum Gasteiger partial charge on any atom is -0.493 e. The van der Waals surface area contributed by atoms with Gasteiger partial charge < -0.3 is 14.8 Å². The largest absolute Gasteiger partial charge is 0.493 e. The number of nitrogens with zero attached hydrogens (tertiary/aromatic N) is 1. The van der Waals surface area contributed by atoms with Crippen LogP contribution in [0.5, 0.6) is 11.5 Å². The number of nitrogens with one attached hydrogen (secondary N) is 2. The van der Waals surface area contributed by atoms with Crippen molar-refractivity contribution in [2.24, 2.45) is 5.10 Å². The number of hydrazone groups is 1. The molecular formula is C24H22BrN3O4. The fraction of sp³-hybridized carbons (Fsp3) is 0.125. The Balaban J connectivity index is 1.56. The van der Waals surface area contributed by atoms with Crippen LogP contribution in [-0.2, 0) is 4.79 Å². The quantitative estimate of drug-likeness (QED) is 0.207. The van der Waals surface area contributed by atoms with Crippen LogP contribution in [-0.4, -0.2) is 31.7 Å². The van der Waals surface area contributed by atoms with Crippen molar-refractivity contribution >= 4 is 39.7 Å². The first kappa shape index (κ1) is 23.0. The van der Waals surface area contributed by atoms with Crippen molar-refractivity contribution in [2.75, 3.05) is 19.0 Å². The molecule has 0 saturated heterocycles. The van der Waals surface area contributed by atoms with E-state index in [1.807, 2.05) is 31.2 Å². The Bertz CT molecular complexity index is 1130. The maximum atomic E-state index is 12.3. The number of aryl methyl sites for hydroxylation is 1. The summed E-state index contributed by atoms with van der Waals surface area (Å²) in [6.07, 6.45) is 1.48. The zero-order valence-electron chi connectivity index (χ0n) is 17.6. The Kier molecular flexibility index (Phi) is 7.99. The molecule has 0 aliphatic carbocycles. The third kappa shape index (κ3) is 6.68. The van der Waals surface area contributed by atoms with Gasteiger partial charge in [0.1, 0.15) is 0 Å². The van der Waals surface area contributed by atoms with E-state index in [1.54, 1.807) is 42.5 Å². The molecule has 0 atom stereocenters. The van der Waals surface area contributed by atoms with E-state index >= 15 is 0 Å². The monoisotopic (exact) mass is 495 g/mol. The Morgan fingerprint density at radius 2 is 1.81 bits per heavy atom. The van der Waals surface area contributed by atoms with Gasteiger partial charge in [-0.05, 0) is 72.6 Å². The molecule has 0 fully saturated rings. The van der Waals surface area contributed by atoms with Crippen molar-refractivity contribution < 1.29 is 19.1 Å². The maximum absolute atomic E-state index is 12.3. The highest BCUT2D eigenvalue weighted by molar-refractivity contribution is 9.10. The van der Waals surface area contributed by atoms with Gasteiger partial charge in [0, 0.05) is 10.2 Å². The summed E-state index contributed by atoms with van der Waals surface area (Å²) in [7, 11) is 1.48. The van der Waals surface area contributed by atoms with Gasteiger partial charge in [0.2, 0.25) is 0 Å². The summed E-state index contributed by atoms with van der Waals surface area (Å²) < 4.78 is 11.6. The molecule has 0 saturated carbocycles. The second-order valence-electron chi connectivity index (χ2n) is 6.82. The molecule has 1 amide bonds. The van der Waals surface area contributed by atoms with Crippen LogP contribution in [0.15, 0.2) is 76.3 Å². The standard InChI is InChI=1S/C24H22BrN3O4/c1-16-4-3-5-20(12-16)26-15-23(29)28-27-14-17-6-11-21(22(13-17)31-2)32-24(30)18-7-9-19(25)10-8-18/h3-14,26H,15H2,1-2H3,(H,28,29). The SMILES string of the molecule is COc1cc(C=NNC(=O)CNc2cccc(C)c2)ccc1OC(=O)c1ccc(Br)cc1. The van der Waals surface area contributed by atoms with Gasteiger partial charge in [0.15, 0.2) is 11.5 Å². The maximum Gasteiger partial charge on any atom is 0.343 e. The van der Waals surface area contributed by atoms with Gasteiger partial charge in [0.25, 0.3) is 5.91 Å². The minimum absolute atomic E-state index is 0.0923.